The Morgan fingerprint density at radius 3 is 0.877 bits per heavy atom. The van der Waals surface area contributed by atoms with Gasteiger partial charge in [0.1, 0.15) is 6.15 Å². The van der Waals surface area contributed by atoms with Gasteiger partial charge in [-0.3, -0.25) is 4.79 Å². The van der Waals surface area contributed by atoms with Gasteiger partial charge in [0, 0.05) is 5.56 Å². The van der Waals surface area contributed by atoms with Gasteiger partial charge in [-0.15, -0.1) is 0 Å². The average Bonchev–Trinajstić information content (AvgIpc) is 3.25. The molecule has 0 radical (unpaired) electrons. The molecule has 5 aromatic carbocycles. The first-order valence-corrected chi connectivity index (χ1v) is 19.9. The van der Waals surface area contributed by atoms with Crippen LogP contribution in [0.1, 0.15) is 54.9 Å². The van der Waals surface area contributed by atoms with Gasteiger partial charge in [-0.1, -0.05) is 91.1 Å². The molecule has 1 N–H and O–H groups in total. The van der Waals surface area contributed by atoms with Gasteiger partial charge in [0.2, 0.25) is 6.20 Å². The fourth-order valence-electron chi connectivity index (χ4n) is 7.48. The maximum absolute atomic E-state index is 14.2. The summed E-state index contributed by atoms with van der Waals surface area (Å²) in [6.07, 6.45) is -49.6. The predicted molar refractivity (Wildman–Crippen MR) is 213 cm³/mol. The minimum Gasteiger partial charge on any atom is -0.321 e. The van der Waals surface area contributed by atoms with Crippen LogP contribution in [-0.2, 0) is 56.0 Å². The number of aromatic amines is 1. The zero-order chi connectivity index (χ0) is 55.3. The Kier molecular flexibility index (Phi) is 15.5. The minimum atomic E-state index is -6.13. The zero-order valence-corrected chi connectivity index (χ0v) is 36.0. The molecule has 3 nitrogen and oxygen atoms in total. The number of Topliss-reactive ketones (excluding diaryl/α,β-unsaturated/α-hetero) is 1. The molecule has 29 heteroatoms. The third-order valence-electron chi connectivity index (χ3n) is 10.7. The van der Waals surface area contributed by atoms with Crippen molar-refractivity contribution in [3.05, 3.63) is 176 Å². The van der Waals surface area contributed by atoms with Crippen molar-refractivity contribution in [3.63, 3.8) is 0 Å². The Labute approximate surface area is 397 Å². The van der Waals surface area contributed by atoms with Crippen molar-refractivity contribution in [2.75, 3.05) is 0 Å². The van der Waals surface area contributed by atoms with E-state index in [9.17, 15) is 110 Å². The number of alkyl halides is 24. The number of nitrogens with one attached hydrogen (secondary N) is 1. The van der Waals surface area contributed by atoms with Gasteiger partial charge in [0.05, 0.1) is 57.2 Å². The number of ketones is 1. The van der Waals surface area contributed by atoms with E-state index < -0.39 is 195 Å². The Balaban J connectivity index is 0.000000520. The highest BCUT2D eigenvalue weighted by molar-refractivity contribution is 7.71. The quantitative estimate of drug-likeness (QED) is 0.0691. The molecule has 0 atom stereocenters. The maximum Gasteiger partial charge on any atom is 0.416 e. The first kappa shape index (κ1) is 57.4. The Hall–Kier alpha value is -6.55. The number of hydrogen-bond donors (Lipinski definition) is 0. The summed E-state index contributed by atoms with van der Waals surface area (Å²) in [7, 11) is 0. The van der Waals surface area contributed by atoms with Crippen molar-refractivity contribution >= 4 is 46.0 Å². The van der Waals surface area contributed by atoms with E-state index in [1.807, 2.05) is 18.2 Å². The van der Waals surface area contributed by atoms with Gasteiger partial charge in [0.15, 0.2) is 16.6 Å². The molecule has 0 bridgehead atoms. The molecule has 0 fully saturated rings. The molecular formula is C44H23BF24N2OS. The van der Waals surface area contributed by atoms with E-state index in [1.165, 1.54) is 0 Å². The highest BCUT2D eigenvalue weighted by atomic mass is 32.1. The SMILES string of the molecule is FC(F)(F)c1cc([B-](c2cc(C(F)(F)F)cc(C(F)(F)F)c2)(c2cc(C(F)(F)F)cc(C(F)(F)F)c2)c2cc(C(F)(F)F)cc(C(F)(F)F)c2)cc(C(F)(F)F)c1.O=C(Cn1cc[nH+]cc1=S)c1ccccc1. The first-order chi connectivity index (χ1) is 33.0. The number of halogens is 24. The molecule has 0 saturated carbocycles. The summed E-state index contributed by atoms with van der Waals surface area (Å²) < 4.78 is 343. The Bertz CT molecular complexity index is 2600. The van der Waals surface area contributed by atoms with Crippen LogP contribution in [0.5, 0.6) is 0 Å². The van der Waals surface area contributed by atoms with Gasteiger partial charge >= 0.3 is 49.4 Å². The predicted octanol–water partition coefficient (Wildman–Crippen LogP) is 13.1. The summed E-state index contributed by atoms with van der Waals surface area (Å²) in [5.74, 6) is 0.0582. The van der Waals surface area contributed by atoms with Crippen LogP contribution in [0, 0.1) is 4.64 Å². The number of carbonyl (C=O) groups excluding carboxylic acids is 1. The Morgan fingerprint density at radius 1 is 0.411 bits per heavy atom. The lowest BCUT2D eigenvalue weighted by Gasteiger charge is -2.46. The van der Waals surface area contributed by atoms with Gasteiger partial charge in [0.25, 0.3) is 0 Å². The molecule has 0 unspecified atom stereocenters. The summed E-state index contributed by atoms with van der Waals surface area (Å²) in [4.78, 5) is 14.8. The molecule has 6 aromatic rings. The second kappa shape index (κ2) is 19.7. The lowest BCUT2D eigenvalue weighted by atomic mass is 9.12. The van der Waals surface area contributed by atoms with E-state index in [0.29, 0.717) is 10.2 Å². The van der Waals surface area contributed by atoms with E-state index in [-0.39, 0.29) is 12.3 Å². The van der Waals surface area contributed by atoms with Gasteiger partial charge in [-0.25, -0.2) is 4.98 Å². The number of benzene rings is 5. The van der Waals surface area contributed by atoms with Gasteiger partial charge in [-0.05, 0) is 24.3 Å². The van der Waals surface area contributed by atoms with Crippen LogP contribution in [0.25, 0.3) is 0 Å². The molecule has 1 aromatic heterocycles. The van der Waals surface area contributed by atoms with Crippen LogP contribution >= 0.6 is 12.2 Å². The summed E-state index contributed by atoms with van der Waals surface area (Å²) in [6, 6.07) is 0.397. The van der Waals surface area contributed by atoms with E-state index in [4.69, 9.17) is 12.2 Å². The fraction of sp³-hybridized carbons (Fsp3) is 0.205. The topological polar surface area (TPSA) is 36.1 Å². The van der Waals surface area contributed by atoms with Gasteiger partial charge in [-0.2, -0.15) is 127 Å². The second-order valence-corrected chi connectivity index (χ2v) is 16.0. The number of aromatic nitrogens is 2. The molecule has 73 heavy (non-hydrogen) atoms. The van der Waals surface area contributed by atoms with E-state index in [2.05, 4.69) is 4.98 Å². The lowest BCUT2D eigenvalue weighted by Crippen LogP contribution is -2.75. The molecule has 0 saturated heterocycles. The Morgan fingerprint density at radius 2 is 0.658 bits per heavy atom. The fourth-order valence-corrected chi connectivity index (χ4v) is 7.67. The average molecular weight is 1090 g/mol. The number of hydrogen-bond acceptors (Lipinski definition) is 2. The van der Waals surface area contributed by atoms with Crippen LogP contribution < -0.4 is 26.8 Å². The zero-order valence-electron chi connectivity index (χ0n) is 35.2. The van der Waals surface area contributed by atoms with Crippen molar-refractivity contribution in [1.82, 2.24) is 4.57 Å². The van der Waals surface area contributed by atoms with Crippen molar-refractivity contribution < 1.29 is 115 Å². The van der Waals surface area contributed by atoms with E-state index >= 15 is 0 Å². The molecule has 0 aliphatic heterocycles. The summed E-state index contributed by atoms with van der Waals surface area (Å²) in [6.45, 7) is 0.275. The summed E-state index contributed by atoms with van der Waals surface area (Å²) in [5.41, 5.74) is -29.5. The molecular weight excluding hydrogens is 1070 g/mol. The summed E-state index contributed by atoms with van der Waals surface area (Å²) in [5, 5.41) is 0. The van der Waals surface area contributed by atoms with E-state index in [1.54, 1.807) is 35.3 Å². The van der Waals surface area contributed by atoms with E-state index in [0.717, 1.165) is 0 Å². The maximum atomic E-state index is 14.2. The van der Waals surface area contributed by atoms with Crippen molar-refractivity contribution in [3.8, 4) is 0 Å². The monoisotopic (exact) mass is 1090 g/mol. The van der Waals surface area contributed by atoms with Gasteiger partial charge < -0.3 is 4.57 Å². The van der Waals surface area contributed by atoms with Crippen LogP contribution in [0.3, 0.4) is 0 Å². The molecule has 0 amide bonds. The normalized spacial score (nSPS) is 13.4. The van der Waals surface area contributed by atoms with Crippen LogP contribution in [0.15, 0.2) is 122 Å². The first-order valence-electron chi connectivity index (χ1n) is 19.5. The smallest absolute Gasteiger partial charge is 0.321 e. The third-order valence-corrected chi connectivity index (χ3v) is 11.0. The standard InChI is InChI=1S/C32H12BF24.C12H10N2OS/c34-25(35,36)13-1-14(26(37,38)39)6-21(5-13)33(22-7-15(27(40,41)42)2-16(8-22)28(43,44)45,23-9-17(29(46,47)48)3-18(10-23)30(49,50)51)24-11-19(31(52,53)54)4-20(12-24)32(55,56)57;15-11(10-4-2-1-3-5-10)9-14-7-6-13-8-12(14)16/h1-12H;1-8H,9H2/q-1;/p+1. The molecule has 1 heterocycles. The van der Waals surface area contributed by atoms with Crippen molar-refractivity contribution in [2.45, 2.75) is 56.0 Å². The van der Waals surface area contributed by atoms with Crippen LogP contribution in [0.4, 0.5) is 105 Å². The number of rotatable bonds is 7. The van der Waals surface area contributed by atoms with Crippen LogP contribution in [-0.4, -0.2) is 16.5 Å². The number of H-pyrrole nitrogens is 1. The van der Waals surface area contributed by atoms with Crippen molar-refractivity contribution in [1.29, 1.82) is 0 Å². The van der Waals surface area contributed by atoms with Crippen LogP contribution in [0.2, 0.25) is 0 Å². The lowest BCUT2D eigenvalue weighted by molar-refractivity contribution is -0.380. The number of carbonyl (C=O) groups is 1. The molecule has 6 rings (SSSR count). The molecule has 0 aliphatic rings. The third kappa shape index (κ3) is 13.4. The second-order valence-electron chi connectivity index (χ2n) is 15.6. The van der Waals surface area contributed by atoms with Crippen molar-refractivity contribution in [2.24, 2.45) is 0 Å². The highest BCUT2D eigenvalue weighted by Crippen LogP contribution is 2.41. The number of nitrogens with zero attached hydrogens (tertiary/aromatic N) is 1. The largest absolute Gasteiger partial charge is 0.416 e. The molecule has 0 aliphatic carbocycles. The molecule has 392 valence electrons. The summed E-state index contributed by atoms with van der Waals surface area (Å²) >= 11 is 5.10. The highest BCUT2D eigenvalue weighted by Gasteiger charge is 2.47. The molecule has 0 spiro atoms. The minimum absolute atomic E-state index is 0.0582.